The highest BCUT2D eigenvalue weighted by Gasteiger charge is 2.00. The zero-order valence-electron chi connectivity index (χ0n) is 11.7. The van der Waals surface area contributed by atoms with Gasteiger partial charge in [0.25, 0.3) is 0 Å². The van der Waals surface area contributed by atoms with Crippen LogP contribution in [0.15, 0.2) is 0 Å². The summed E-state index contributed by atoms with van der Waals surface area (Å²) in [5, 5.41) is 0. The van der Waals surface area contributed by atoms with E-state index in [-0.39, 0.29) is 0 Å². The average molecular weight is 277 g/mol. The van der Waals surface area contributed by atoms with Gasteiger partial charge in [-0.1, -0.05) is 64.6 Å². The van der Waals surface area contributed by atoms with E-state index in [1.54, 1.807) is 11.8 Å². The lowest BCUT2D eigenvalue weighted by Crippen LogP contribution is -2.03. The molecule has 3 heteroatoms. The first-order valence-corrected chi connectivity index (χ1v) is 8.35. The topological polar surface area (TPSA) is 9.23 Å². The summed E-state index contributed by atoms with van der Waals surface area (Å²) >= 11 is 6.87. The van der Waals surface area contributed by atoms with Crippen molar-refractivity contribution in [3.63, 3.8) is 0 Å². The fourth-order valence-electron chi connectivity index (χ4n) is 1.46. The summed E-state index contributed by atoms with van der Waals surface area (Å²) in [6, 6.07) is 0. The first-order valence-electron chi connectivity index (χ1n) is 6.96. The molecule has 0 aliphatic rings. The molecule has 17 heavy (non-hydrogen) atoms. The van der Waals surface area contributed by atoms with E-state index in [2.05, 4.69) is 20.8 Å². The van der Waals surface area contributed by atoms with Crippen molar-refractivity contribution in [3.8, 4) is 0 Å². The van der Waals surface area contributed by atoms with Crippen molar-refractivity contribution < 1.29 is 4.74 Å². The Morgan fingerprint density at radius 3 is 2.41 bits per heavy atom. The molecule has 0 aromatic rings. The minimum Gasteiger partial charge on any atom is -0.479 e. The van der Waals surface area contributed by atoms with Crippen LogP contribution < -0.4 is 0 Å². The normalized spacial score (nSPS) is 10.8. The first-order chi connectivity index (χ1) is 8.16. The third kappa shape index (κ3) is 14.2. The van der Waals surface area contributed by atoms with E-state index in [0.29, 0.717) is 5.92 Å². The Kier molecular flexibility index (Phi) is 12.9. The standard InChI is InChI=1S/C14H28OS2/c1-4-5-6-7-8-9-12-17-14(16)15-11-10-13(2)3/h13H,4-12H2,1-3H3. The third-order valence-electron chi connectivity index (χ3n) is 2.63. The number of unbranched alkanes of at least 4 members (excludes halogenated alkanes) is 5. The van der Waals surface area contributed by atoms with Crippen LogP contribution in [-0.4, -0.2) is 16.7 Å². The smallest absolute Gasteiger partial charge is 0.219 e. The molecule has 102 valence electrons. The maximum Gasteiger partial charge on any atom is 0.219 e. The van der Waals surface area contributed by atoms with Crippen molar-refractivity contribution in [1.82, 2.24) is 0 Å². The van der Waals surface area contributed by atoms with Gasteiger partial charge in [0.1, 0.15) is 0 Å². The second-order valence-corrected chi connectivity index (χ2v) is 6.59. The molecule has 0 aliphatic carbocycles. The zero-order valence-corrected chi connectivity index (χ0v) is 13.3. The summed E-state index contributed by atoms with van der Waals surface area (Å²) in [5.41, 5.74) is 0. The zero-order chi connectivity index (χ0) is 12.9. The molecule has 0 radical (unpaired) electrons. The van der Waals surface area contributed by atoms with Crippen molar-refractivity contribution in [2.75, 3.05) is 12.4 Å². The molecule has 0 spiro atoms. The molecule has 0 unspecified atom stereocenters. The second-order valence-electron chi connectivity index (χ2n) is 4.90. The van der Waals surface area contributed by atoms with Gasteiger partial charge in [0.2, 0.25) is 4.38 Å². The fourth-order valence-corrected chi connectivity index (χ4v) is 2.47. The quantitative estimate of drug-likeness (QED) is 0.389. The highest BCUT2D eigenvalue weighted by atomic mass is 32.2. The molecule has 0 atom stereocenters. The summed E-state index contributed by atoms with van der Waals surface area (Å²) in [7, 11) is 0. The predicted molar refractivity (Wildman–Crippen MR) is 83.8 cm³/mol. The van der Waals surface area contributed by atoms with E-state index in [1.807, 2.05) is 0 Å². The number of thioether (sulfide) groups is 1. The Bertz CT molecular complexity index is 181. The summed E-state index contributed by atoms with van der Waals surface area (Å²) in [6.45, 7) is 7.44. The van der Waals surface area contributed by atoms with Crippen LogP contribution in [-0.2, 0) is 4.74 Å². The SMILES string of the molecule is CCCCCCCCSC(=S)OCCC(C)C. The van der Waals surface area contributed by atoms with Gasteiger partial charge >= 0.3 is 0 Å². The molecule has 0 N–H and O–H groups in total. The van der Waals surface area contributed by atoms with E-state index in [1.165, 1.54) is 38.5 Å². The van der Waals surface area contributed by atoms with Gasteiger partial charge in [0.15, 0.2) is 0 Å². The van der Waals surface area contributed by atoms with Gasteiger partial charge in [-0.3, -0.25) is 0 Å². The van der Waals surface area contributed by atoms with Crippen molar-refractivity contribution in [1.29, 1.82) is 0 Å². The van der Waals surface area contributed by atoms with E-state index >= 15 is 0 Å². The van der Waals surface area contributed by atoms with Crippen LogP contribution >= 0.6 is 24.0 Å². The molecule has 0 aromatic carbocycles. The molecule has 0 aliphatic heterocycles. The van der Waals surface area contributed by atoms with Crippen LogP contribution in [0, 0.1) is 5.92 Å². The Balaban J connectivity index is 3.16. The number of ether oxygens (including phenoxy) is 1. The van der Waals surface area contributed by atoms with Crippen LogP contribution in [0.3, 0.4) is 0 Å². The first kappa shape index (κ1) is 17.2. The molecule has 0 bridgehead atoms. The van der Waals surface area contributed by atoms with Crippen molar-refractivity contribution in [2.24, 2.45) is 5.92 Å². The third-order valence-corrected chi connectivity index (χ3v) is 3.95. The lowest BCUT2D eigenvalue weighted by Gasteiger charge is -2.08. The fraction of sp³-hybridized carbons (Fsp3) is 0.929. The highest BCUT2D eigenvalue weighted by molar-refractivity contribution is 8.22. The minimum absolute atomic E-state index is 0.696. The second kappa shape index (κ2) is 12.7. The Hall–Kier alpha value is 0.240. The van der Waals surface area contributed by atoms with Crippen LogP contribution in [0.25, 0.3) is 0 Å². The molecular weight excluding hydrogens is 248 g/mol. The monoisotopic (exact) mass is 276 g/mol. The maximum absolute atomic E-state index is 5.49. The molecule has 1 nitrogen and oxygen atoms in total. The van der Waals surface area contributed by atoms with Gasteiger partial charge in [0, 0.05) is 5.75 Å². The van der Waals surface area contributed by atoms with Gasteiger partial charge in [-0.05, 0) is 31.0 Å². The Labute approximate surface area is 117 Å². The molecule has 0 saturated heterocycles. The van der Waals surface area contributed by atoms with Gasteiger partial charge in [-0.25, -0.2) is 0 Å². The molecule has 0 fully saturated rings. The van der Waals surface area contributed by atoms with E-state index in [0.717, 1.165) is 23.2 Å². The lowest BCUT2D eigenvalue weighted by molar-refractivity contribution is 0.292. The molecule has 0 rings (SSSR count). The van der Waals surface area contributed by atoms with Gasteiger partial charge in [0.05, 0.1) is 6.61 Å². The van der Waals surface area contributed by atoms with Crippen LogP contribution in [0.2, 0.25) is 0 Å². The van der Waals surface area contributed by atoms with E-state index < -0.39 is 0 Å². The van der Waals surface area contributed by atoms with E-state index in [9.17, 15) is 0 Å². The molecule has 0 amide bonds. The van der Waals surface area contributed by atoms with Crippen molar-refractivity contribution >= 4 is 28.4 Å². The minimum atomic E-state index is 0.696. The van der Waals surface area contributed by atoms with Gasteiger partial charge in [-0.2, -0.15) is 0 Å². The maximum atomic E-state index is 5.49. The van der Waals surface area contributed by atoms with E-state index in [4.69, 9.17) is 17.0 Å². The number of thiocarbonyl (C=S) groups is 1. The van der Waals surface area contributed by atoms with Gasteiger partial charge < -0.3 is 4.74 Å². The number of hydrogen-bond acceptors (Lipinski definition) is 3. The van der Waals surface area contributed by atoms with Crippen LogP contribution in [0.4, 0.5) is 0 Å². The molecular formula is C14H28OS2. The predicted octanol–water partition coefficient (Wildman–Crippen LogP) is 5.43. The van der Waals surface area contributed by atoms with Crippen LogP contribution in [0.5, 0.6) is 0 Å². The van der Waals surface area contributed by atoms with Crippen molar-refractivity contribution in [2.45, 2.75) is 65.7 Å². The highest BCUT2D eigenvalue weighted by Crippen LogP contribution is 2.12. The summed E-state index contributed by atoms with van der Waals surface area (Å²) in [6.07, 6.45) is 9.15. The average Bonchev–Trinajstić information content (AvgIpc) is 2.27. The summed E-state index contributed by atoms with van der Waals surface area (Å²) in [5.74, 6) is 1.81. The largest absolute Gasteiger partial charge is 0.479 e. The Morgan fingerprint density at radius 1 is 1.12 bits per heavy atom. The van der Waals surface area contributed by atoms with Crippen LogP contribution in [0.1, 0.15) is 65.7 Å². The molecule has 0 aromatic heterocycles. The lowest BCUT2D eigenvalue weighted by atomic mass is 10.1. The molecule has 0 saturated carbocycles. The summed E-state index contributed by atoms with van der Waals surface area (Å²) in [4.78, 5) is 0. The van der Waals surface area contributed by atoms with Crippen molar-refractivity contribution in [3.05, 3.63) is 0 Å². The molecule has 0 heterocycles. The van der Waals surface area contributed by atoms with Gasteiger partial charge in [-0.15, -0.1) is 0 Å². The Morgan fingerprint density at radius 2 is 1.76 bits per heavy atom. The number of rotatable bonds is 10. The number of hydrogen-bond donors (Lipinski definition) is 0. The summed E-state index contributed by atoms with van der Waals surface area (Å²) < 4.78 is 6.23.